The predicted molar refractivity (Wildman–Crippen MR) is 157 cm³/mol. The Balaban J connectivity index is 2.30. The number of amides is 2. The Morgan fingerprint density at radius 3 is 2.16 bits per heavy atom. The lowest BCUT2D eigenvalue weighted by Gasteiger charge is -2.33. The molecule has 0 aliphatic carbocycles. The van der Waals surface area contributed by atoms with Gasteiger partial charge < -0.3 is 10.2 Å². The van der Waals surface area contributed by atoms with Gasteiger partial charge in [0.25, 0.3) is 0 Å². The number of hydrogen-bond donors (Lipinski definition) is 1. The third kappa shape index (κ3) is 9.49. The highest BCUT2D eigenvalue weighted by Gasteiger charge is 2.31. The fourth-order valence-corrected chi connectivity index (χ4v) is 5.59. The van der Waals surface area contributed by atoms with Crippen LogP contribution in [-0.4, -0.2) is 49.5 Å². The van der Waals surface area contributed by atoms with E-state index >= 15 is 0 Å². The van der Waals surface area contributed by atoms with Gasteiger partial charge >= 0.3 is 0 Å². The molecule has 0 aliphatic heterocycles. The molecule has 0 radical (unpaired) electrons. The molecule has 210 valence electrons. The molecule has 2 amide bonds. The molecule has 2 aromatic rings. The highest BCUT2D eigenvalue weighted by atomic mass is 35.5. The zero-order valence-corrected chi connectivity index (χ0v) is 25.9. The summed E-state index contributed by atoms with van der Waals surface area (Å²) in [5.74, 6) is -0.588. The Morgan fingerprint density at radius 2 is 1.61 bits per heavy atom. The molecular weight excluding hydrogens is 592 g/mol. The van der Waals surface area contributed by atoms with Crippen LogP contribution in [0.2, 0.25) is 20.1 Å². The molecule has 0 aromatic heterocycles. The molecule has 0 bridgehead atoms. The van der Waals surface area contributed by atoms with Gasteiger partial charge in [0.1, 0.15) is 6.04 Å². The smallest absolute Gasteiger partial charge is 0.243 e. The molecule has 0 heterocycles. The number of sulfonamides is 1. The first-order valence-electron chi connectivity index (χ1n) is 12.0. The predicted octanol–water partition coefficient (Wildman–Crippen LogP) is 6.57. The molecule has 0 aliphatic rings. The SMILES string of the molecule is CC[C@H](C(=O)NC(C)(C)C)N(Cc1ccc(Cl)c(Cl)c1)C(=O)CCCN(c1cc(Cl)ccc1Cl)S(C)(=O)=O. The second-order valence-electron chi connectivity index (χ2n) is 9.97. The van der Waals surface area contributed by atoms with Gasteiger partial charge in [-0.05, 0) is 69.5 Å². The van der Waals surface area contributed by atoms with E-state index in [-0.39, 0.29) is 48.5 Å². The summed E-state index contributed by atoms with van der Waals surface area (Å²) in [6, 6.07) is 8.84. The van der Waals surface area contributed by atoms with Crippen molar-refractivity contribution in [2.45, 2.75) is 65.1 Å². The lowest BCUT2D eigenvalue weighted by molar-refractivity contribution is -0.142. The highest BCUT2D eigenvalue weighted by Crippen LogP contribution is 2.31. The van der Waals surface area contributed by atoms with Crippen molar-refractivity contribution in [2.24, 2.45) is 0 Å². The minimum absolute atomic E-state index is 0.00374. The van der Waals surface area contributed by atoms with Crippen LogP contribution in [-0.2, 0) is 26.2 Å². The molecule has 38 heavy (non-hydrogen) atoms. The molecule has 0 unspecified atom stereocenters. The van der Waals surface area contributed by atoms with E-state index in [1.807, 2.05) is 27.7 Å². The maximum Gasteiger partial charge on any atom is 0.243 e. The number of benzene rings is 2. The van der Waals surface area contributed by atoms with Crippen molar-refractivity contribution in [1.82, 2.24) is 10.2 Å². The third-order valence-corrected chi connectivity index (χ3v) is 8.02. The standard InChI is InChI=1S/C26H33Cl4N3O4S/c1-6-22(25(35)31-26(2,3)4)32(16-17-9-11-19(28)21(30)14-17)24(34)8-7-13-33(38(5,36)37)23-15-18(27)10-12-20(23)29/h9-12,14-15,22H,6-8,13,16H2,1-5H3,(H,31,35)/t22-/m1/s1. The van der Waals surface area contributed by atoms with Gasteiger partial charge in [0.05, 0.1) is 27.0 Å². The van der Waals surface area contributed by atoms with E-state index < -0.39 is 21.6 Å². The van der Waals surface area contributed by atoms with Gasteiger partial charge in [-0.25, -0.2) is 8.42 Å². The Labute approximate surface area is 245 Å². The first kappa shape index (κ1) is 32.5. The average molecular weight is 625 g/mol. The summed E-state index contributed by atoms with van der Waals surface area (Å²) >= 11 is 24.5. The molecule has 2 aromatic carbocycles. The lowest BCUT2D eigenvalue weighted by Crippen LogP contribution is -2.53. The molecule has 12 heteroatoms. The molecule has 1 atom stereocenters. The number of anilines is 1. The largest absolute Gasteiger partial charge is 0.350 e. The van der Waals surface area contributed by atoms with Crippen LogP contribution < -0.4 is 9.62 Å². The molecule has 1 N–H and O–H groups in total. The summed E-state index contributed by atoms with van der Waals surface area (Å²) < 4.78 is 26.2. The summed E-state index contributed by atoms with van der Waals surface area (Å²) in [5, 5.41) is 4.21. The summed E-state index contributed by atoms with van der Waals surface area (Å²) in [5.41, 5.74) is 0.450. The van der Waals surface area contributed by atoms with E-state index in [2.05, 4.69) is 5.32 Å². The van der Waals surface area contributed by atoms with Crippen LogP contribution >= 0.6 is 46.4 Å². The number of carbonyl (C=O) groups is 2. The van der Waals surface area contributed by atoms with E-state index in [9.17, 15) is 18.0 Å². The number of nitrogens with one attached hydrogen (secondary N) is 1. The quantitative estimate of drug-likeness (QED) is 0.306. The summed E-state index contributed by atoms with van der Waals surface area (Å²) in [6.07, 6.45) is 1.61. The molecule has 0 saturated heterocycles. The maximum atomic E-state index is 13.5. The van der Waals surface area contributed by atoms with Crippen molar-refractivity contribution in [3.05, 3.63) is 62.1 Å². The highest BCUT2D eigenvalue weighted by molar-refractivity contribution is 7.92. The van der Waals surface area contributed by atoms with E-state index in [1.54, 1.807) is 24.3 Å². The summed E-state index contributed by atoms with van der Waals surface area (Å²) in [7, 11) is -3.71. The van der Waals surface area contributed by atoms with Gasteiger partial charge in [-0.1, -0.05) is 59.4 Å². The Bertz CT molecular complexity index is 1270. The topological polar surface area (TPSA) is 86.8 Å². The van der Waals surface area contributed by atoms with Crippen LogP contribution in [0.5, 0.6) is 0 Å². The summed E-state index contributed by atoms with van der Waals surface area (Å²) in [4.78, 5) is 28.2. The van der Waals surface area contributed by atoms with Crippen molar-refractivity contribution in [3.8, 4) is 0 Å². The minimum Gasteiger partial charge on any atom is -0.350 e. The van der Waals surface area contributed by atoms with Crippen molar-refractivity contribution >= 4 is 73.9 Å². The van der Waals surface area contributed by atoms with Crippen LogP contribution in [0.25, 0.3) is 0 Å². The second kappa shape index (κ2) is 13.6. The monoisotopic (exact) mass is 623 g/mol. The molecule has 0 saturated carbocycles. The molecule has 7 nitrogen and oxygen atoms in total. The third-order valence-electron chi connectivity index (χ3n) is 5.55. The Kier molecular flexibility index (Phi) is 11.6. The molecule has 2 rings (SSSR count). The van der Waals surface area contributed by atoms with Crippen molar-refractivity contribution in [3.63, 3.8) is 0 Å². The Morgan fingerprint density at radius 1 is 0.974 bits per heavy atom. The number of rotatable bonds is 11. The van der Waals surface area contributed by atoms with E-state index in [0.29, 0.717) is 27.1 Å². The van der Waals surface area contributed by atoms with Crippen molar-refractivity contribution < 1.29 is 18.0 Å². The van der Waals surface area contributed by atoms with Crippen LogP contribution in [0.4, 0.5) is 5.69 Å². The number of carbonyl (C=O) groups excluding carboxylic acids is 2. The van der Waals surface area contributed by atoms with Gasteiger partial charge in [0.15, 0.2) is 0 Å². The normalized spacial score (nSPS) is 12.7. The number of hydrogen-bond acceptors (Lipinski definition) is 4. The zero-order chi connectivity index (χ0) is 28.8. The summed E-state index contributed by atoms with van der Waals surface area (Å²) in [6.45, 7) is 7.54. The molecular formula is C26H33Cl4N3O4S. The fourth-order valence-electron chi connectivity index (χ4n) is 3.87. The Hall–Kier alpha value is -1.71. The van der Waals surface area contributed by atoms with Gasteiger partial charge in [0, 0.05) is 30.1 Å². The second-order valence-corrected chi connectivity index (χ2v) is 13.5. The first-order chi connectivity index (χ1) is 17.5. The molecule has 0 spiro atoms. The van der Waals surface area contributed by atoms with E-state index in [0.717, 1.165) is 10.6 Å². The average Bonchev–Trinajstić information content (AvgIpc) is 2.78. The van der Waals surface area contributed by atoms with Gasteiger partial charge in [-0.15, -0.1) is 0 Å². The fraction of sp³-hybridized carbons (Fsp3) is 0.462. The maximum absolute atomic E-state index is 13.5. The minimum atomic E-state index is -3.71. The van der Waals surface area contributed by atoms with Gasteiger partial charge in [0.2, 0.25) is 21.8 Å². The van der Waals surface area contributed by atoms with Crippen LogP contribution in [0, 0.1) is 0 Å². The zero-order valence-electron chi connectivity index (χ0n) is 22.0. The van der Waals surface area contributed by atoms with Gasteiger partial charge in [-0.2, -0.15) is 0 Å². The van der Waals surface area contributed by atoms with Crippen molar-refractivity contribution in [1.29, 1.82) is 0 Å². The number of halogens is 4. The molecule has 0 fully saturated rings. The van der Waals surface area contributed by atoms with Crippen LogP contribution in [0.1, 0.15) is 52.5 Å². The first-order valence-corrected chi connectivity index (χ1v) is 15.4. The lowest BCUT2D eigenvalue weighted by atomic mass is 10.0. The number of nitrogens with zero attached hydrogens (tertiary/aromatic N) is 2. The van der Waals surface area contributed by atoms with Crippen LogP contribution in [0.15, 0.2) is 36.4 Å². The van der Waals surface area contributed by atoms with Crippen molar-refractivity contribution in [2.75, 3.05) is 17.1 Å². The van der Waals surface area contributed by atoms with E-state index in [4.69, 9.17) is 46.4 Å². The van der Waals surface area contributed by atoms with Gasteiger partial charge in [-0.3, -0.25) is 13.9 Å². The van der Waals surface area contributed by atoms with E-state index in [1.165, 1.54) is 17.0 Å². The van der Waals surface area contributed by atoms with Crippen LogP contribution in [0.3, 0.4) is 0 Å².